The number of halogens is 1. The van der Waals surface area contributed by atoms with Crippen LogP contribution in [0.5, 0.6) is 17.2 Å². The van der Waals surface area contributed by atoms with E-state index in [1.165, 1.54) is 54.4 Å². The summed E-state index contributed by atoms with van der Waals surface area (Å²) in [7, 11) is 0. The third kappa shape index (κ3) is 7.17. The van der Waals surface area contributed by atoms with E-state index in [-0.39, 0.29) is 11.4 Å². The maximum absolute atomic E-state index is 13.0. The van der Waals surface area contributed by atoms with E-state index in [4.69, 9.17) is 19.6 Å². The zero-order valence-electron chi connectivity index (χ0n) is 25.3. The fraction of sp³-hybridized carbons (Fsp3) is 0.314. The highest BCUT2D eigenvalue weighted by atomic mass is 79.9. The minimum atomic E-state index is -0.488. The summed E-state index contributed by atoms with van der Waals surface area (Å²) in [5.74, 6) is 2.03. The average Bonchev–Trinajstić information content (AvgIpc) is 3.47. The highest BCUT2D eigenvalue weighted by Crippen LogP contribution is 2.39. The number of carbonyl (C=O) groups is 1. The first-order valence-electron chi connectivity index (χ1n) is 15.3. The minimum absolute atomic E-state index is 0.0297. The van der Waals surface area contributed by atoms with Crippen molar-refractivity contribution in [2.45, 2.75) is 51.9 Å². The average molecular weight is 688 g/mol. The van der Waals surface area contributed by atoms with Crippen molar-refractivity contribution in [2.24, 2.45) is 10.1 Å². The predicted octanol–water partition coefficient (Wildman–Crippen LogP) is 8.33. The lowest BCUT2D eigenvalue weighted by Gasteiger charge is -2.22. The second kappa shape index (κ2) is 14.0. The number of benzene rings is 3. The number of hydrazone groups is 1. The van der Waals surface area contributed by atoms with Gasteiger partial charge in [-0.05, 0) is 102 Å². The molecule has 3 aromatic rings. The van der Waals surface area contributed by atoms with Crippen LogP contribution in [-0.4, -0.2) is 46.8 Å². The van der Waals surface area contributed by atoms with Crippen LogP contribution in [0.15, 0.2) is 80.8 Å². The van der Waals surface area contributed by atoms with Gasteiger partial charge in [0.25, 0.3) is 5.91 Å². The second-order valence-corrected chi connectivity index (χ2v) is 13.0. The molecule has 10 heteroatoms. The first-order chi connectivity index (χ1) is 21.9. The van der Waals surface area contributed by atoms with Gasteiger partial charge in [-0.15, -0.1) is 0 Å². The molecule has 0 spiro atoms. The largest absolute Gasteiger partial charge is 0.490 e. The van der Waals surface area contributed by atoms with Crippen LogP contribution in [0.3, 0.4) is 0 Å². The third-order valence-electron chi connectivity index (χ3n) is 7.95. The van der Waals surface area contributed by atoms with Crippen LogP contribution in [0.4, 0.5) is 0 Å². The van der Waals surface area contributed by atoms with Crippen molar-refractivity contribution in [3.63, 3.8) is 0 Å². The van der Waals surface area contributed by atoms with Crippen LogP contribution in [-0.2, 0) is 4.79 Å². The zero-order chi connectivity index (χ0) is 31.3. The molecule has 2 aliphatic heterocycles. The van der Waals surface area contributed by atoms with Gasteiger partial charge in [0.2, 0.25) is 5.17 Å². The summed E-state index contributed by atoms with van der Waals surface area (Å²) < 4.78 is 18.6. The number of thioether (sulfide) groups is 1. The molecule has 232 valence electrons. The van der Waals surface area contributed by atoms with Gasteiger partial charge in [0.1, 0.15) is 24.0 Å². The molecule has 1 aliphatic carbocycles. The van der Waals surface area contributed by atoms with Crippen molar-refractivity contribution < 1.29 is 19.0 Å². The normalized spacial score (nSPS) is 17.7. The number of hydrogen-bond donors (Lipinski definition) is 1. The zero-order valence-corrected chi connectivity index (χ0v) is 27.7. The molecule has 3 aliphatic rings. The van der Waals surface area contributed by atoms with E-state index in [0.29, 0.717) is 57.5 Å². The monoisotopic (exact) mass is 686 g/mol. The Hall–Kier alpha value is -3.89. The highest BCUT2D eigenvalue weighted by Gasteiger charge is 2.36. The lowest BCUT2D eigenvalue weighted by Crippen LogP contribution is -2.35. The molecule has 1 N–H and O–H groups in total. The smallest absolute Gasteiger partial charge is 0.283 e. The number of fused-ring (bicyclic) bond motifs is 1. The molecule has 6 rings (SSSR count). The summed E-state index contributed by atoms with van der Waals surface area (Å²) in [6.07, 6.45) is 8.16. The molecular formula is C35H35BrN4O4S. The predicted molar refractivity (Wildman–Crippen MR) is 184 cm³/mol. The maximum atomic E-state index is 13.0. The third-order valence-corrected chi connectivity index (χ3v) is 9.50. The number of rotatable bonds is 10. The molecule has 0 atom stereocenters. The second-order valence-electron chi connectivity index (χ2n) is 11.2. The summed E-state index contributed by atoms with van der Waals surface area (Å²) >= 11 is 4.89. The van der Waals surface area contributed by atoms with Crippen LogP contribution in [0.2, 0.25) is 0 Å². The van der Waals surface area contributed by atoms with Crippen molar-refractivity contribution in [3.8, 4) is 17.2 Å². The molecule has 0 unspecified atom stereocenters. The molecular weight excluding hydrogens is 652 g/mol. The molecule has 1 fully saturated rings. The summed E-state index contributed by atoms with van der Waals surface area (Å²) in [4.78, 5) is 17.3. The number of amidine groups is 2. The summed E-state index contributed by atoms with van der Waals surface area (Å²) in [6, 6.07) is 20.0. The van der Waals surface area contributed by atoms with Gasteiger partial charge in [-0.25, -0.2) is 0 Å². The van der Waals surface area contributed by atoms with E-state index < -0.39 is 5.91 Å². The van der Waals surface area contributed by atoms with Gasteiger partial charge in [-0.1, -0.05) is 61.2 Å². The number of hydrogen-bond acceptors (Lipinski definition) is 7. The summed E-state index contributed by atoms with van der Waals surface area (Å²) in [5.41, 5.74) is 4.25. The van der Waals surface area contributed by atoms with Crippen LogP contribution in [0.1, 0.15) is 67.2 Å². The fourth-order valence-electron chi connectivity index (χ4n) is 5.62. The van der Waals surface area contributed by atoms with E-state index in [1.807, 2.05) is 56.3 Å². The van der Waals surface area contributed by atoms with E-state index in [9.17, 15) is 4.79 Å². The molecule has 1 saturated carbocycles. The quantitative estimate of drug-likeness (QED) is 0.170. The van der Waals surface area contributed by atoms with Gasteiger partial charge < -0.3 is 14.2 Å². The SMILES string of the molecule is CCOc1cc(/C=C2/C(=N)N3N=C(c4ccc(C)cc4)SC3=NC2=O)cc(Br)c1OCCOc1ccc(C2CCCCC2)cc1. The van der Waals surface area contributed by atoms with Crippen molar-refractivity contribution in [2.75, 3.05) is 19.8 Å². The Balaban J connectivity index is 1.12. The van der Waals surface area contributed by atoms with Gasteiger partial charge in [-0.2, -0.15) is 15.1 Å². The Morgan fingerprint density at radius 1 is 1.00 bits per heavy atom. The summed E-state index contributed by atoms with van der Waals surface area (Å²) in [6.45, 7) is 5.03. The Morgan fingerprint density at radius 3 is 2.47 bits per heavy atom. The number of aryl methyl sites for hydroxylation is 1. The minimum Gasteiger partial charge on any atom is -0.490 e. The van der Waals surface area contributed by atoms with Gasteiger partial charge in [0.15, 0.2) is 17.3 Å². The summed E-state index contributed by atoms with van der Waals surface area (Å²) in [5, 5.41) is 15.8. The number of ether oxygens (including phenoxy) is 3. The first kappa shape index (κ1) is 31.1. The molecule has 0 aromatic heterocycles. The maximum Gasteiger partial charge on any atom is 0.283 e. The number of nitrogens with zero attached hydrogens (tertiary/aromatic N) is 3. The van der Waals surface area contributed by atoms with Crippen LogP contribution < -0.4 is 14.2 Å². The Bertz CT molecular complexity index is 1680. The Morgan fingerprint density at radius 2 is 1.73 bits per heavy atom. The van der Waals surface area contributed by atoms with Crippen LogP contribution in [0, 0.1) is 12.3 Å². The molecule has 3 aromatic carbocycles. The number of nitrogens with one attached hydrogen (secondary N) is 1. The van der Waals surface area contributed by atoms with Crippen molar-refractivity contribution in [1.82, 2.24) is 5.01 Å². The highest BCUT2D eigenvalue weighted by molar-refractivity contribution is 9.10. The van der Waals surface area contributed by atoms with Gasteiger partial charge in [0.05, 0.1) is 16.7 Å². The van der Waals surface area contributed by atoms with Crippen molar-refractivity contribution in [3.05, 3.63) is 93.0 Å². The molecule has 0 radical (unpaired) electrons. The fourth-order valence-corrected chi connectivity index (χ4v) is 7.09. The standard InChI is InChI=1S/C35H35BrN4O4S/c1-3-42-30-21-23(19-28-32(37)40-35(38-33(28)41)45-34(39-40)26-11-9-22(2)10-12-26)20-29(36)31(30)44-18-17-43-27-15-13-25(14-16-27)24-7-5-4-6-8-24/h9-16,19-21,24,37H,3-8,17-18H2,1-2H3/b28-19-,37-32?. The Kier molecular flexibility index (Phi) is 9.70. The lowest BCUT2D eigenvalue weighted by molar-refractivity contribution is -0.114. The topological polar surface area (TPSA) is 96.6 Å². The molecule has 0 bridgehead atoms. The van der Waals surface area contributed by atoms with Crippen LogP contribution in [0.25, 0.3) is 6.08 Å². The first-order valence-corrected chi connectivity index (χ1v) is 16.9. The van der Waals surface area contributed by atoms with E-state index >= 15 is 0 Å². The molecule has 0 saturated heterocycles. The van der Waals surface area contributed by atoms with E-state index in [1.54, 1.807) is 12.1 Å². The van der Waals surface area contributed by atoms with Gasteiger partial charge >= 0.3 is 0 Å². The van der Waals surface area contributed by atoms with Crippen LogP contribution >= 0.6 is 27.7 Å². The molecule has 1 amide bonds. The Labute approximate surface area is 276 Å². The van der Waals surface area contributed by atoms with Crippen molar-refractivity contribution >= 4 is 55.7 Å². The van der Waals surface area contributed by atoms with E-state index in [0.717, 1.165) is 16.9 Å². The van der Waals surface area contributed by atoms with Crippen molar-refractivity contribution in [1.29, 1.82) is 5.41 Å². The number of amides is 1. The lowest BCUT2D eigenvalue weighted by atomic mass is 9.84. The van der Waals surface area contributed by atoms with Gasteiger partial charge in [0, 0.05) is 5.56 Å². The number of aliphatic imine (C=N–C) groups is 1. The van der Waals surface area contributed by atoms with E-state index in [2.05, 4.69) is 38.2 Å². The number of carbonyl (C=O) groups excluding carboxylic acids is 1. The van der Waals surface area contributed by atoms with Gasteiger partial charge in [-0.3, -0.25) is 10.2 Å². The molecule has 8 nitrogen and oxygen atoms in total. The molecule has 45 heavy (non-hydrogen) atoms. The molecule has 2 heterocycles.